The zero-order valence-electron chi connectivity index (χ0n) is 11.8. The van der Waals surface area contributed by atoms with E-state index in [1.54, 1.807) is 21.3 Å². The van der Waals surface area contributed by atoms with Gasteiger partial charge in [-0.15, -0.1) is 0 Å². The standard InChI is InChI=1S/C10H28N4O3Si/c1-15-18(16-2,17-3)10-4-5-12-6-7-13-8-9-14-11/h12-14H,4-11H2,1-3H3. The molecule has 18 heavy (non-hydrogen) atoms. The molecule has 8 heteroatoms. The Morgan fingerprint density at radius 1 is 0.833 bits per heavy atom. The highest BCUT2D eigenvalue weighted by Crippen LogP contribution is 2.14. The lowest BCUT2D eigenvalue weighted by atomic mass is 10.4. The first kappa shape index (κ1) is 17.9. The average molecular weight is 280 g/mol. The first-order valence-corrected chi connectivity index (χ1v) is 8.18. The van der Waals surface area contributed by atoms with Crippen LogP contribution in [0.25, 0.3) is 0 Å². The van der Waals surface area contributed by atoms with Gasteiger partial charge in [-0.1, -0.05) is 0 Å². The highest BCUT2D eigenvalue weighted by atomic mass is 28.4. The SMILES string of the molecule is CO[Si](CCCNCCNCCNN)(OC)OC. The summed E-state index contributed by atoms with van der Waals surface area (Å²) in [5.41, 5.74) is 2.59. The molecule has 0 bridgehead atoms. The summed E-state index contributed by atoms with van der Waals surface area (Å²) in [6, 6.07) is 0.827. The maximum absolute atomic E-state index is 5.34. The van der Waals surface area contributed by atoms with Crippen LogP contribution >= 0.6 is 0 Å². The largest absolute Gasteiger partial charge is 0.500 e. The van der Waals surface area contributed by atoms with Gasteiger partial charge in [-0.3, -0.25) is 11.3 Å². The van der Waals surface area contributed by atoms with Crippen molar-refractivity contribution in [2.45, 2.75) is 12.5 Å². The molecule has 0 radical (unpaired) electrons. The third kappa shape index (κ3) is 8.11. The van der Waals surface area contributed by atoms with Crippen LogP contribution in [0.2, 0.25) is 6.04 Å². The van der Waals surface area contributed by atoms with E-state index in [2.05, 4.69) is 16.1 Å². The highest BCUT2D eigenvalue weighted by molar-refractivity contribution is 6.60. The van der Waals surface area contributed by atoms with E-state index in [1.165, 1.54) is 0 Å². The molecule has 0 rings (SSSR count). The number of hydrazine groups is 1. The molecule has 0 aliphatic carbocycles. The Labute approximate surface area is 111 Å². The van der Waals surface area contributed by atoms with E-state index in [0.717, 1.165) is 45.2 Å². The lowest BCUT2D eigenvalue weighted by Crippen LogP contribution is -2.43. The minimum absolute atomic E-state index is 0.781. The van der Waals surface area contributed by atoms with E-state index < -0.39 is 8.80 Å². The van der Waals surface area contributed by atoms with E-state index in [4.69, 9.17) is 19.1 Å². The Kier molecular flexibility index (Phi) is 12.0. The molecular formula is C10H28N4O3Si. The molecule has 0 aliphatic heterocycles. The summed E-state index contributed by atoms with van der Waals surface area (Å²) >= 11 is 0. The van der Waals surface area contributed by atoms with Crippen LogP contribution in [0, 0.1) is 0 Å². The Bertz CT molecular complexity index is 176. The topological polar surface area (TPSA) is 89.8 Å². The van der Waals surface area contributed by atoms with Crippen molar-refractivity contribution in [3.63, 3.8) is 0 Å². The van der Waals surface area contributed by atoms with Gasteiger partial charge in [0.15, 0.2) is 0 Å². The normalized spacial score (nSPS) is 12.0. The molecule has 0 aromatic heterocycles. The van der Waals surface area contributed by atoms with Gasteiger partial charge in [0, 0.05) is 53.6 Å². The Balaban J connectivity index is 3.38. The number of hydrogen-bond acceptors (Lipinski definition) is 7. The molecule has 7 nitrogen and oxygen atoms in total. The average Bonchev–Trinajstić information content (AvgIpc) is 2.42. The van der Waals surface area contributed by atoms with Gasteiger partial charge < -0.3 is 23.9 Å². The zero-order chi connectivity index (χ0) is 13.7. The molecule has 0 aliphatic rings. The van der Waals surface area contributed by atoms with Crippen LogP contribution in [0.15, 0.2) is 0 Å². The number of hydrogen-bond donors (Lipinski definition) is 4. The number of nitrogens with one attached hydrogen (secondary N) is 3. The second kappa shape index (κ2) is 12.0. The summed E-state index contributed by atoms with van der Waals surface area (Å²) in [7, 11) is 2.54. The fourth-order valence-electron chi connectivity index (χ4n) is 1.57. The monoisotopic (exact) mass is 280 g/mol. The molecule has 0 fully saturated rings. The first-order valence-electron chi connectivity index (χ1n) is 6.25. The lowest BCUT2D eigenvalue weighted by molar-refractivity contribution is 0.123. The molecule has 0 aromatic rings. The van der Waals surface area contributed by atoms with Crippen LogP contribution in [0.5, 0.6) is 0 Å². The lowest BCUT2D eigenvalue weighted by Gasteiger charge is -2.24. The third-order valence-corrected chi connectivity index (χ3v) is 5.53. The van der Waals surface area contributed by atoms with Crippen molar-refractivity contribution in [2.75, 3.05) is 54.1 Å². The summed E-state index contributed by atoms with van der Waals surface area (Å²) in [4.78, 5) is 0. The van der Waals surface area contributed by atoms with Crippen molar-refractivity contribution >= 4 is 8.80 Å². The third-order valence-electron chi connectivity index (χ3n) is 2.69. The molecule has 0 atom stereocenters. The van der Waals surface area contributed by atoms with Crippen molar-refractivity contribution in [3.05, 3.63) is 0 Å². The van der Waals surface area contributed by atoms with Crippen molar-refractivity contribution in [1.29, 1.82) is 0 Å². The van der Waals surface area contributed by atoms with Crippen molar-refractivity contribution in [2.24, 2.45) is 5.84 Å². The van der Waals surface area contributed by atoms with Gasteiger partial charge in [-0.2, -0.15) is 0 Å². The quantitative estimate of drug-likeness (QED) is 0.147. The summed E-state index contributed by atoms with van der Waals surface area (Å²) in [6.07, 6.45) is 0.978. The van der Waals surface area contributed by atoms with Gasteiger partial charge >= 0.3 is 8.80 Å². The zero-order valence-corrected chi connectivity index (χ0v) is 12.8. The van der Waals surface area contributed by atoms with E-state index >= 15 is 0 Å². The van der Waals surface area contributed by atoms with E-state index in [1.807, 2.05) is 0 Å². The first-order chi connectivity index (χ1) is 8.74. The van der Waals surface area contributed by atoms with Crippen LogP contribution in [0.3, 0.4) is 0 Å². The maximum Gasteiger partial charge on any atom is 0.500 e. The van der Waals surface area contributed by atoms with Crippen molar-refractivity contribution in [3.8, 4) is 0 Å². The molecule has 5 N–H and O–H groups in total. The molecule has 0 spiro atoms. The van der Waals surface area contributed by atoms with Crippen LogP contribution in [-0.2, 0) is 13.3 Å². The number of rotatable bonds is 13. The summed E-state index contributed by atoms with van der Waals surface area (Å²) in [6.45, 7) is 4.46. The molecule has 0 amide bonds. The summed E-state index contributed by atoms with van der Waals surface area (Å²) < 4.78 is 16.0. The van der Waals surface area contributed by atoms with Crippen LogP contribution in [-0.4, -0.2) is 62.9 Å². The molecule has 0 saturated carbocycles. The van der Waals surface area contributed by atoms with Crippen LogP contribution in [0.1, 0.15) is 6.42 Å². The van der Waals surface area contributed by atoms with Crippen molar-refractivity contribution < 1.29 is 13.3 Å². The minimum atomic E-state index is -2.38. The Hall–Kier alpha value is -0.0631. The number of nitrogens with two attached hydrogens (primary N) is 1. The fraction of sp³-hybridized carbons (Fsp3) is 1.00. The Morgan fingerprint density at radius 3 is 1.83 bits per heavy atom. The summed E-state index contributed by atoms with van der Waals surface area (Å²) in [5.74, 6) is 5.15. The Morgan fingerprint density at radius 2 is 1.33 bits per heavy atom. The van der Waals surface area contributed by atoms with Gasteiger partial charge in [-0.05, 0) is 13.0 Å². The molecule has 110 valence electrons. The highest BCUT2D eigenvalue weighted by Gasteiger charge is 2.36. The predicted molar refractivity (Wildman–Crippen MR) is 74.1 cm³/mol. The van der Waals surface area contributed by atoms with Crippen LogP contribution < -0.4 is 21.9 Å². The predicted octanol–water partition coefficient (Wildman–Crippen LogP) is -1.10. The van der Waals surface area contributed by atoms with E-state index in [9.17, 15) is 0 Å². The van der Waals surface area contributed by atoms with Crippen molar-refractivity contribution in [1.82, 2.24) is 16.1 Å². The molecule has 0 aromatic carbocycles. The van der Waals surface area contributed by atoms with Gasteiger partial charge in [0.2, 0.25) is 0 Å². The maximum atomic E-state index is 5.34. The van der Waals surface area contributed by atoms with Gasteiger partial charge in [-0.25, -0.2) is 0 Å². The smallest absolute Gasteiger partial charge is 0.377 e. The molecule has 0 heterocycles. The van der Waals surface area contributed by atoms with Gasteiger partial charge in [0.05, 0.1) is 0 Å². The molecular weight excluding hydrogens is 252 g/mol. The van der Waals surface area contributed by atoms with Gasteiger partial charge in [0.1, 0.15) is 0 Å². The minimum Gasteiger partial charge on any atom is -0.377 e. The summed E-state index contributed by atoms with van der Waals surface area (Å²) in [5, 5.41) is 6.61. The second-order valence-corrected chi connectivity index (χ2v) is 6.94. The molecule has 0 saturated heterocycles. The fourth-order valence-corrected chi connectivity index (χ4v) is 3.30. The van der Waals surface area contributed by atoms with E-state index in [-0.39, 0.29) is 0 Å². The van der Waals surface area contributed by atoms with E-state index in [0.29, 0.717) is 0 Å². The molecule has 0 unspecified atom stereocenters. The second-order valence-electron chi connectivity index (χ2n) is 3.85. The van der Waals surface area contributed by atoms with Gasteiger partial charge in [0.25, 0.3) is 0 Å². The van der Waals surface area contributed by atoms with Crippen LogP contribution in [0.4, 0.5) is 0 Å².